The first kappa shape index (κ1) is 21.2. The maximum Gasteiger partial charge on any atom is 0.0701 e. The van der Waals surface area contributed by atoms with Crippen molar-refractivity contribution in [1.29, 1.82) is 0 Å². The zero-order valence-corrected chi connectivity index (χ0v) is 11.3. The Bertz CT molecular complexity index is 121. The molecule has 1 saturated heterocycles. The van der Waals surface area contributed by atoms with Crippen LogP contribution in [-0.2, 0) is 4.74 Å². The van der Waals surface area contributed by atoms with Crippen LogP contribution in [0.3, 0.4) is 0 Å². The van der Waals surface area contributed by atoms with Crippen molar-refractivity contribution in [1.82, 2.24) is 4.90 Å². The summed E-state index contributed by atoms with van der Waals surface area (Å²) >= 11 is 0. The minimum absolute atomic E-state index is 0. The highest BCUT2D eigenvalue weighted by Crippen LogP contribution is 2.19. The lowest BCUT2D eigenvalue weighted by Crippen LogP contribution is -2.36. The van der Waals surface area contributed by atoms with Crippen LogP contribution >= 0.6 is 0 Å². The van der Waals surface area contributed by atoms with E-state index in [1.54, 1.807) is 0 Å². The number of hydrogen-bond donors (Lipinski definition) is 1. The number of aliphatic hydroxyl groups excluding tert-OH is 1. The van der Waals surface area contributed by atoms with Gasteiger partial charge in [-0.15, -0.1) is 0 Å². The molecule has 1 fully saturated rings. The molecule has 0 bridgehead atoms. The van der Waals surface area contributed by atoms with Crippen LogP contribution in [0.25, 0.3) is 0 Å². The first-order valence-corrected chi connectivity index (χ1v) is 6.02. The van der Waals surface area contributed by atoms with E-state index < -0.39 is 0 Å². The number of ether oxygens (including phenoxy) is 1. The predicted molar refractivity (Wildman–Crippen MR) is 73.0 cm³/mol. The molecule has 0 radical (unpaired) electrons. The van der Waals surface area contributed by atoms with Crippen molar-refractivity contribution >= 4 is 0 Å². The van der Waals surface area contributed by atoms with Gasteiger partial charge in [-0.05, 0) is 40.3 Å². The van der Waals surface area contributed by atoms with Crippen LogP contribution in [0.5, 0.6) is 0 Å². The van der Waals surface area contributed by atoms with Gasteiger partial charge in [0.15, 0.2) is 0 Å². The van der Waals surface area contributed by atoms with Crippen molar-refractivity contribution in [3.05, 3.63) is 0 Å². The van der Waals surface area contributed by atoms with E-state index in [0.717, 1.165) is 13.7 Å². The summed E-state index contributed by atoms with van der Waals surface area (Å²) < 4.78 is 5.55. The molecule has 2 atom stereocenters. The maximum atomic E-state index is 7.00. The Labute approximate surface area is 103 Å². The van der Waals surface area contributed by atoms with Gasteiger partial charge in [0, 0.05) is 19.8 Å². The molecule has 1 aliphatic heterocycles. The Morgan fingerprint density at radius 1 is 1.38 bits per heavy atom. The third kappa shape index (κ3) is 8.08. The number of nitrogens with zero attached hydrogens (tertiary/aromatic N) is 1. The molecule has 0 aromatic carbocycles. The van der Waals surface area contributed by atoms with Crippen LogP contribution < -0.4 is 0 Å². The highest BCUT2D eigenvalue weighted by molar-refractivity contribution is 4.81. The number of likely N-dealkylation sites (N-methyl/N-ethyl adjacent to an activating group) is 1. The second kappa shape index (κ2) is 14.9. The summed E-state index contributed by atoms with van der Waals surface area (Å²) in [6, 6.07) is 0.662. The lowest BCUT2D eigenvalue weighted by Gasteiger charge is -2.25. The molecule has 3 nitrogen and oxygen atoms in total. The minimum atomic E-state index is 0. The van der Waals surface area contributed by atoms with Crippen molar-refractivity contribution < 1.29 is 9.84 Å². The van der Waals surface area contributed by atoms with Crippen molar-refractivity contribution in [3.8, 4) is 0 Å². The van der Waals surface area contributed by atoms with Crippen LogP contribution in [0.1, 0.15) is 48.0 Å². The zero-order valence-electron chi connectivity index (χ0n) is 11.3. The average Bonchev–Trinajstić information content (AvgIpc) is 2.71. The molecular weight excluding hydrogens is 202 g/mol. The number of likely N-dealkylation sites (tertiary alicyclic amines) is 1. The van der Waals surface area contributed by atoms with E-state index in [-0.39, 0.29) is 7.43 Å². The van der Waals surface area contributed by atoms with Crippen LogP contribution in [0, 0.1) is 0 Å². The van der Waals surface area contributed by atoms with Gasteiger partial charge in [0.25, 0.3) is 0 Å². The van der Waals surface area contributed by atoms with E-state index in [0.29, 0.717) is 12.1 Å². The molecular formula is C13H33NO2. The highest BCUT2D eigenvalue weighted by Gasteiger charge is 2.26. The maximum absolute atomic E-state index is 7.00. The van der Waals surface area contributed by atoms with E-state index in [4.69, 9.17) is 9.84 Å². The van der Waals surface area contributed by atoms with E-state index in [1.165, 1.54) is 19.4 Å². The molecule has 0 aliphatic carbocycles. The molecule has 1 heterocycles. The lowest BCUT2D eigenvalue weighted by molar-refractivity contribution is 0.0236. The van der Waals surface area contributed by atoms with Crippen LogP contribution in [0.15, 0.2) is 0 Å². The van der Waals surface area contributed by atoms with Crippen molar-refractivity contribution in [3.63, 3.8) is 0 Å². The Morgan fingerprint density at radius 3 is 2.19 bits per heavy atom. The standard InChI is InChI=1S/C9H19NO.C2H6.CH4O.CH4/c1-4-11-8(2)9-6-5-7-10(9)3;2*1-2;/h8-9H,4-7H2,1-3H3;1-2H3;2H,1H3;1H4. The average molecular weight is 235 g/mol. The summed E-state index contributed by atoms with van der Waals surface area (Å²) in [5.74, 6) is 0. The smallest absolute Gasteiger partial charge is 0.0701 e. The van der Waals surface area contributed by atoms with E-state index in [9.17, 15) is 0 Å². The van der Waals surface area contributed by atoms with Crippen molar-refractivity contribution in [2.24, 2.45) is 0 Å². The van der Waals surface area contributed by atoms with Crippen molar-refractivity contribution in [2.75, 3.05) is 27.3 Å². The first-order chi connectivity index (χ1) is 7.25. The van der Waals surface area contributed by atoms with Crippen LogP contribution in [-0.4, -0.2) is 49.5 Å². The molecule has 0 spiro atoms. The topological polar surface area (TPSA) is 32.7 Å². The van der Waals surface area contributed by atoms with Gasteiger partial charge in [0.2, 0.25) is 0 Å². The summed E-state index contributed by atoms with van der Waals surface area (Å²) in [5, 5.41) is 7.00. The molecule has 3 heteroatoms. The molecule has 0 aromatic heterocycles. The van der Waals surface area contributed by atoms with Gasteiger partial charge in [-0.25, -0.2) is 0 Å². The van der Waals surface area contributed by atoms with Gasteiger partial charge in [-0.1, -0.05) is 21.3 Å². The van der Waals surface area contributed by atoms with Gasteiger partial charge < -0.3 is 14.7 Å². The molecule has 1 rings (SSSR count). The monoisotopic (exact) mass is 235 g/mol. The zero-order chi connectivity index (χ0) is 12.3. The van der Waals surface area contributed by atoms with E-state index in [1.807, 2.05) is 13.8 Å². The number of aliphatic hydroxyl groups is 1. The summed E-state index contributed by atoms with van der Waals surface area (Å²) in [6.07, 6.45) is 3.04. The predicted octanol–water partition coefficient (Wildman–Crippen LogP) is 2.78. The van der Waals surface area contributed by atoms with Gasteiger partial charge in [-0.3, -0.25) is 0 Å². The van der Waals surface area contributed by atoms with Gasteiger partial charge >= 0.3 is 0 Å². The van der Waals surface area contributed by atoms with Gasteiger partial charge in [-0.2, -0.15) is 0 Å². The Kier molecular flexibility index (Phi) is 19.7. The lowest BCUT2D eigenvalue weighted by atomic mass is 10.1. The molecule has 102 valence electrons. The summed E-state index contributed by atoms with van der Waals surface area (Å²) in [4.78, 5) is 2.40. The number of hydrogen-bond acceptors (Lipinski definition) is 3. The molecule has 1 aliphatic rings. The SMILES string of the molecule is C.CC.CCOC(C)C1CCCN1C.CO. The van der Waals surface area contributed by atoms with Crippen LogP contribution in [0.2, 0.25) is 0 Å². The third-order valence-corrected chi connectivity index (χ3v) is 2.55. The Balaban J connectivity index is -0.000000305. The fourth-order valence-corrected chi connectivity index (χ4v) is 1.90. The fraction of sp³-hybridized carbons (Fsp3) is 1.00. The molecule has 0 aromatic rings. The molecule has 0 amide bonds. The second-order valence-electron chi connectivity index (χ2n) is 3.35. The molecule has 0 saturated carbocycles. The summed E-state index contributed by atoms with van der Waals surface area (Å²) in [6.45, 7) is 10.3. The summed E-state index contributed by atoms with van der Waals surface area (Å²) in [7, 11) is 3.19. The van der Waals surface area contributed by atoms with Gasteiger partial charge in [0.1, 0.15) is 0 Å². The largest absolute Gasteiger partial charge is 0.400 e. The van der Waals surface area contributed by atoms with E-state index >= 15 is 0 Å². The molecule has 1 N–H and O–H groups in total. The van der Waals surface area contributed by atoms with Crippen molar-refractivity contribution in [2.45, 2.75) is 60.1 Å². The van der Waals surface area contributed by atoms with Crippen LogP contribution in [0.4, 0.5) is 0 Å². The normalized spacial score (nSPS) is 20.8. The highest BCUT2D eigenvalue weighted by atomic mass is 16.5. The molecule has 2 unspecified atom stereocenters. The Morgan fingerprint density at radius 2 is 1.88 bits per heavy atom. The fourth-order valence-electron chi connectivity index (χ4n) is 1.90. The molecule has 16 heavy (non-hydrogen) atoms. The van der Waals surface area contributed by atoms with Gasteiger partial charge in [0.05, 0.1) is 6.10 Å². The minimum Gasteiger partial charge on any atom is -0.400 e. The first-order valence-electron chi connectivity index (χ1n) is 6.02. The number of rotatable bonds is 3. The quantitative estimate of drug-likeness (QED) is 0.816. The summed E-state index contributed by atoms with van der Waals surface area (Å²) in [5.41, 5.74) is 0. The second-order valence-corrected chi connectivity index (χ2v) is 3.35. The third-order valence-electron chi connectivity index (χ3n) is 2.55. The van der Waals surface area contributed by atoms with E-state index in [2.05, 4.69) is 25.8 Å². The Hall–Kier alpha value is -0.120.